The molecule has 4 rings (SSSR count). The van der Waals surface area contributed by atoms with E-state index in [-0.39, 0.29) is 23.7 Å². The van der Waals surface area contributed by atoms with Crippen molar-refractivity contribution < 1.29 is 27.8 Å². The molecule has 0 bridgehead atoms. The zero-order chi connectivity index (χ0) is 21.3. The number of carbonyl (C=O) groups excluding carboxylic acids is 1. The number of halogens is 3. The number of aliphatic hydroxyl groups is 1. The van der Waals surface area contributed by atoms with Crippen LogP contribution in [-0.2, 0) is 9.53 Å². The maximum Gasteiger partial charge on any atom is 0.345 e. The fraction of sp³-hybridized carbons (Fsp3) is 0.619. The summed E-state index contributed by atoms with van der Waals surface area (Å²) in [6.45, 7) is -1.92. The number of hydrazone groups is 1. The van der Waals surface area contributed by atoms with Crippen molar-refractivity contribution in [2.45, 2.75) is 62.9 Å². The highest BCUT2D eigenvalue weighted by atomic mass is 19.3. The van der Waals surface area contributed by atoms with Crippen LogP contribution >= 0.6 is 0 Å². The van der Waals surface area contributed by atoms with E-state index in [1.54, 1.807) is 23.2 Å². The second kappa shape index (κ2) is 8.55. The summed E-state index contributed by atoms with van der Waals surface area (Å²) in [4.78, 5) is 14.3. The highest BCUT2D eigenvalue weighted by molar-refractivity contribution is 5.80. The van der Waals surface area contributed by atoms with Crippen LogP contribution in [-0.4, -0.2) is 59.6 Å². The molecule has 1 aromatic carbocycles. The van der Waals surface area contributed by atoms with Crippen LogP contribution in [0.15, 0.2) is 29.4 Å². The number of nitrogens with zero attached hydrogens (tertiary/aromatic N) is 3. The molecule has 1 saturated heterocycles. The number of alkyl halides is 2. The van der Waals surface area contributed by atoms with Crippen LogP contribution < -0.4 is 5.01 Å². The second-order valence-corrected chi connectivity index (χ2v) is 8.45. The SMILES string of the molecule is O=C(C1CC(OC(F)F)C1)N1CCC(O)(CC2CC=NN2c2ccc(F)cc2)CC1. The van der Waals surface area contributed by atoms with E-state index in [1.807, 2.05) is 5.01 Å². The molecule has 9 heteroatoms. The first-order valence-electron chi connectivity index (χ1n) is 10.3. The van der Waals surface area contributed by atoms with Crippen molar-refractivity contribution in [2.75, 3.05) is 18.1 Å². The molecule has 1 atom stereocenters. The Bertz CT molecular complexity index is 775. The van der Waals surface area contributed by atoms with Gasteiger partial charge >= 0.3 is 6.61 Å². The average Bonchev–Trinajstić information content (AvgIpc) is 3.12. The molecule has 2 aliphatic heterocycles. The number of carbonyl (C=O) groups is 1. The normalized spacial score (nSPS) is 28.1. The van der Waals surface area contributed by atoms with Gasteiger partial charge in [-0.05, 0) is 56.4 Å². The lowest BCUT2D eigenvalue weighted by Gasteiger charge is -2.43. The lowest BCUT2D eigenvalue weighted by molar-refractivity contribution is -0.196. The maximum absolute atomic E-state index is 13.2. The molecule has 2 fully saturated rings. The molecule has 0 aromatic heterocycles. The molecule has 0 spiro atoms. The molecule has 1 N–H and O–H groups in total. The van der Waals surface area contributed by atoms with E-state index in [0.717, 1.165) is 5.69 Å². The molecule has 0 radical (unpaired) electrons. The van der Waals surface area contributed by atoms with Gasteiger partial charge in [-0.15, -0.1) is 0 Å². The first kappa shape index (κ1) is 21.1. The van der Waals surface area contributed by atoms with Crippen molar-refractivity contribution in [3.63, 3.8) is 0 Å². The topological polar surface area (TPSA) is 65.4 Å². The largest absolute Gasteiger partial charge is 0.390 e. The molecule has 1 unspecified atom stereocenters. The lowest BCUT2D eigenvalue weighted by atomic mass is 9.79. The molecule has 3 aliphatic rings. The van der Waals surface area contributed by atoms with Crippen LogP contribution in [0.25, 0.3) is 0 Å². The average molecular weight is 425 g/mol. The van der Waals surface area contributed by atoms with Gasteiger partial charge in [0.25, 0.3) is 0 Å². The quantitative estimate of drug-likeness (QED) is 0.761. The van der Waals surface area contributed by atoms with Crippen molar-refractivity contribution >= 4 is 17.8 Å². The minimum Gasteiger partial charge on any atom is -0.390 e. The van der Waals surface area contributed by atoms with Crippen molar-refractivity contribution in [3.8, 4) is 0 Å². The zero-order valence-electron chi connectivity index (χ0n) is 16.6. The summed E-state index contributed by atoms with van der Waals surface area (Å²) in [5.74, 6) is -0.617. The Kier molecular flexibility index (Phi) is 6.02. The Hall–Kier alpha value is -2.13. The second-order valence-electron chi connectivity index (χ2n) is 8.45. The van der Waals surface area contributed by atoms with Crippen molar-refractivity contribution in [1.29, 1.82) is 0 Å². The summed E-state index contributed by atoms with van der Waals surface area (Å²) in [5.41, 5.74) is -0.133. The summed E-state index contributed by atoms with van der Waals surface area (Å²) in [6, 6.07) is 6.08. The van der Waals surface area contributed by atoms with E-state index in [1.165, 1.54) is 12.1 Å². The van der Waals surface area contributed by atoms with Gasteiger partial charge in [-0.25, -0.2) is 4.39 Å². The highest BCUT2D eigenvalue weighted by Gasteiger charge is 2.42. The van der Waals surface area contributed by atoms with Crippen molar-refractivity contribution in [1.82, 2.24) is 4.90 Å². The van der Waals surface area contributed by atoms with Gasteiger partial charge in [0.15, 0.2) is 0 Å². The maximum atomic E-state index is 13.2. The smallest absolute Gasteiger partial charge is 0.345 e. The summed E-state index contributed by atoms with van der Waals surface area (Å²) in [6.07, 6.45) is 4.01. The Labute approximate surface area is 173 Å². The fourth-order valence-corrected chi connectivity index (χ4v) is 4.56. The van der Waals surface area contributed by atoms with Crippen molar-refractivity contribution in [3.05, 3.63) is 30.1 Å². The first-order chi connectivity index (χ1) is 14.3. The minimum atomic E-state index is -2.80. The Morgan fingerprint density at radius 3 is 2.53 bits per heavy atom. The van der Waals surface area contributed by atoms with Crippen LogP contribution in [0, 0.1) is 11.7 Å². The molecule has 2 heterocycles. The minimum absolute atomic E-state index is 0.0263. The number of hydrogen-bond acceptors (Lipinski definition) is 5. The molecular formula is C21H26F3N3O3. The Balaban J connectivity index is 1.28. The number of ether oxygens (including phenoxy) is 1. The molecule has 1 aliphatic carbocycles. The van der Waals surface area contributed by atoms with Crippen LogP contribution in [0.2, 0.25) is 0 Å². The predicted molar refractivity (Wildman–Crippen MR) is 105 cm³/mol. The van der Waals surface area contributed by atoms with Gasteiger partial charge in [-0.3, -0.25) is 9.80 Å². The van der Waals surface area contributed by atoms with E-state index < -0.39 is 18.3 Å². The van der Waals surface area contributed by atoms with Gasteiger partial charge in [0.2, 0.25) is 5.91 Å². The third kappa shape index (κ3) is 4.62. The molecular weight excluding hydrogens is 399 g/mol. The van der Waals surface area contributed by atoms with E-state index in [4.69, 9.17) is 0 Å². The third-order valence-electron chi connectivity index (χ3n) is 6.38. The Morgan fingerprint density at radius 1 is 1.23 bits per heavy atom. The molecule has 164 valence electrons. The highest BCUT2D eigenvalue weighted by Crippen LogP contribution is 2.36. The monoisotopic (exact) mass is 425 g/mol. The molecule has 1 saturated carbocycles. The lowest BCUT2D eigenvalue weighted by Crippen LogP contribution is -2.52. The molecule has 6 nitrogen and oxygen atoms in total. The number of rotatable bonds is 6. The summed E-state index contributed by atoms with van der Waals surface area (Å²) in [5, 5.41) is 17.3. The molecule has 1 aromatic rings. The number of anilines is 1. The van der Waals surface area contributed by atoms with E-state index in [9.17, 15) is 23.1 Å². The summed E-state index contributed by atoms with van der Waals surface area (Å²) < 4.78 is 42.1. The first-order valence-corrected chi connectivity index (χ1v) is 10.3. The number of likely N-dealkylation sites (tertiary alicyclic amines) is 1. The van der Waals surface area contributed by atoms with Crippen LogP contribution in [0.1, 0.15) is 38.5 Å². The van der Waals surface area contributed by atoms with Gasteiger partial charge < -0.3 is 14.7 Å². The fourth-order valence-electron chi connectivity index (χ4n) is 4.56. The van der Waals surface area contributed by atoms with Crippen LogP contribution in [0.4, 0.5) is 18.9 Å². The van der Waals surface area contributed by atoms with E-state index in [0.29, 0.717) is 51.6 Å². The van der Waals surface area contributed by atoms with Gasteiger partial charge in [-0.2, -0.15) is 13.9 Å². The zero-order valence-corrected chi connectivity index (χ0v) is 16.6. The van der Waals surface area contributed by atoms with Gasteiger partial charge in [0, 0.05) is 31.6 Å². The molecule has 30 heavy (non-hydrogen) atoms. The predicted octanol–water partition coefficient (Wildman–Crippen LogP) is 3.15. The number of amides is 1. The molecule has 1 amide bonds. The van der Waals surface area contributed by atoms with Gasteiger partial charge in [0.05, 0.1) is 23.4 Å². The van der Waals surface area contributed by atoms with Gasteiger partial charge in [-0.1, -0.05) is 0 Å². The standard InChI is InChI=1S/C21H26F3N3O3/c22-15-1-3-16(4-2-15)27-17(5-8-25-27)13-21(29)6-9-26(10-7-21)19(28)14-11-18(12-14)30-20(23)24/h1-4,8,14,17-18,20,29H,5-7,9-13H2. The van der Waals surface area contributed by atoms with Crippen molar-refractivity contribution in [2.24, 2.45) is 11.0 Å². The number of hydrogen-bond donors (Lipinski definition) is 1. The van der Waals surface area contributed by atoms with Gasteiger partial charge in [0.1, 0.15) is 5.82 Å². The Morgan fingerprint density at radius 2 is 1.90 bits per heavy atom. The third-order valence-corrected chi connectivity index (χ3v) is 6.38. The van der Waals surface area contributed by atoms with E-state index >= 15 is 0 Å². The van der Waals surface area contributed by atoms with Crippen LogP contribution in [0.5, 0.6) is 0 Å². The van der Waals surface area contributed by atoms with E-state index in [2.05, 4.69) is 9.84 Å². The summed E-state index contributed by atoms with van der Waals surface area (Å²) >= 11 is 0. The number of benzene rings is 1. The van der Waals surface area contributed by atoms with Crippen LogP contribution in [0.3, 0.4) is 0 Å². The summed E-state index contributed by atoms with van der Waals surface area (Å²) in [7, 11) is 0. The number of piperidine rings is 1.